The van der Waals surface area contributed by atoms with Crippen molar-refractivity contribution >= 4 is 39.0 Å². The summed E-state index contributed by atoms with van der Waals surface area (Å²) in [6.07, 6.45) is 0. The third-order valence-electron chi connectivity index (χ3n) is 2.13. The Bertz CT molecular complexity index is 442. The minimum Gasteiger partial charge on any atom is -0.323 e. The molecule has 1 heterocycles. The summed E-state index contributed by atoms with van der Waals surface area (Å²) in [6, 6.07) is 12.6. The van der Waals surface area contributed by atoms with Gasteiger partial charge in [-0.3, -0.25) is 0 Å². The zero-order chi connectivity index (χ0) is 11.4. The van der Waals surface area contributed by atoms with Crippen LogP contribution in [0.5, 0.6) is 0 Å². The highest BCUT2D eigenvalue weighted by Gasteiger charge is 2.07. The van der Waals surface area contributed by atoms with Gasteiger partial charge in [-0.1, -0.05) is 28.1 Å². The molecular weight excluding hydrogens is 302 g/mol. The van der Waals surface area contributed by atoms with Gasteiger partial charge in [0.05, 0.1) is 0 Å². The lowest BCUT2D eigenvalue weighted by Crippen LogP contribution is -2.10. The minimum absolute atomic E-state index is 0.129. The number of hydrogen-bond donors (Lipinski definition) is 1. The Morgan fingerprint density at radius 1 is 1.31 bits per heavy atom. The molecule has 4 heteroatoms. The van der Waals surface area contributed by atoms with Crippen LogP contribution in [0.1, 0.15) is 10.9 Å². The molecule has 1 aromatic carbocycles. The van der Waals surface area contributed by atoms with Crippen LogP contribution in [0.4, 0.5) is 0 Å². The summed E-state index contributed by atoms with van der Waals surface area (Å²) in [5, 5.41) is 2.07. The van der Waals surface area contributed by atoms with E-state index in [4.69, 9.17) is 5.73 Å². The number of benzene rings is 1. The van der Waals surface area contributed by atoms with Gasteiger partial charge < -0.3 is 5.73 Å². The highest BCUT2D eigenvalue weighted by Crippen LogP contribution is 2.27. The van der Waals surface area contributed by atoms with E-state index >= 15 is 0 Å². The summed E-state index contributed by atoms with van der Waals surface area (Å²) < 4.78 is 1.11. The van der Waals surface area contributed by atoms with Gasteiger partial charge in [-0.15, -0.1) is 23.1 Å². The van der Waals surface area contributed by atoms with Gasteiger partial charge in [0.1, 0.15) is 0 Å². The topological polar surface area (TPSA) is 26.0 Å². The van der Waals surface area contributed by atoms with E-state index in [2.05, 4.69) is 39.5 Å². The Hall–Kier alpha value is -0.290. The first-order valence-corrected chi connectivity index (χ1v) is 7.59. The minimum atomic E-state index is 0.129. The molecule has 0 bridgehead atoms. The van der Waals surface area contributed by atoms with Crippen LogP contribution in [0.15, 0.2) is 51.1 Å². The normalized spacial score (nSPS) is 12.6. The summed E-state index contributed by atoms with van der Waals surface area (Å²) in [4.78, 5) is 2.50. The molecule has 84 valence electrons. The van der Waals surface area contributed by atoms with E-state index in [0.29, 0.717) is 0 Å². The van der Waals surface area contributed by atoms with Crippen LogP contribution < -0.4 is 5.73 Å². The summed E-state index contributed by atoms with van der Waals surface area (Å²) in [7, 11) is 0. The molecule has 1 aromatic heterocycles. The van der Waals surface area contributed by atoms with Crippen molar-refractivity contribution in [2.45, 2.75) is 10.9 Å². The maximum atomic E-state index is 6.10. The fourth-order valence-electron chi connectivity index (χ4n) is 1.33. The number of thioether (sulfide) groups is 1. The first-order valence-electron chi connectivity index (χ1n) is 4.93. The van der Waals surface area contributed by atoms with E-state index < -0.39 is 0 Å². The molecule has 0 fully saturated rings. The first kappa shape index (κ1) is 12.2. The molecule has 1 unspecified atom stereocenters. The molecule has 0 amide bonds. The Morgan fingerprint density at radius 2 is 2.19 bits per heavy atom. The second kappa shape index (κ2) is 5.87. The number of halogens is 1. The van der Waals surface area contributed by atoms with Gasteiger partial charge in [0.15, 0.2) is 0 Å². The van der Waals surface area contributed by atoms with Crippen molar-refractivity contribution in [3.8, 4) is 0 Å². The van der Waals surface area contributed by atoms with E-state index in [1.54, 1.807) is 23.1 Å². The van der Waals surface area contributed by atoms with Crippen molar-refractivity contribution in [3.05, 3.63) is 51.1 Å². The largest absolute Gasteiger partial charge is 0.323 e. The Balaban J connectivity index is 1.92. The summed E-state index contributed by atoms with van der Waals surface area (Å²) >= 11 is 6.98. The van der Waals surface area contributed by atoms with Crippen LogP contribution >= 0.6 is 39.0 Å². The quantitative estimate of drug-likeness (QED) is 0.851. The number of hydrogen-bond acceptors (Lipinski definition) is 3. The zero-order valence-electron chi connectivity index (χ0n) is 8.60. The number of thiophene rings is 1. The van der Waals surface area contributed by atoms with E-state index in [0.717, 1.165) is 10.2 Å². The second-order valence-corrected chi connectivity index (χ2v) is 6.38. The molecule has 0 aliphatic carbocycles. The summed E-state index contributed by atoms with van der Waals surface area (Å²) in [6.45, 7) is 0. The zero-order valence-corrected chi connectivity index (χ0v) is 11.8. The fourth-order valence-corrected chi connectivity index (χ4v) is 3.65. The van der Waals surface area contributed by atoms with Crippen LogP contribution in [0.3, 0.4) is 0 Å². The van der Waals surface area contributed by atoms with Gasteiger partial charge in [-0.2, -0.15) is 0 Å². The van der Waals surface area contributed by atoms with Crippen LogP contribution in [0, 0.1) is 0 Å². The molecule has 1 atom stereocenters. The Kier molecular flexibility index (Phi) is 4.46. The lowest BCUT2D eigenvalue weighted by molar-refractivity contribution is 0.852. The average molecular weight is 314 g/mol. The van der Waals surface area contributed by atoms with Crippen LogP contribution in [-0.4, -0.2) is 5.75 Å². The standard InChI is InChI=1S/C12H12BrNS2/c13-9-3-1-4-10(7-9)16-8-11(14)12-5-2-6-15-12/h1-7,11H,8,14H2. The molecular formula is C12H12BrNS2. The third kappa shape index (κ3) is 3.35. The Labute approximate surface area is 112 Å². The summed E-state index contributed by atoms with van der Waals surface area (Å²) in [5.41, 5.74) is 6.10. The van der Waals surface area contributed by atoms with E-state index in [-0.39, 0.29) is 6.04 Å². The van der Waals surface area contributed by atoms with Crippen molar-refractivity contribution in [2.24, 2.45) is 5.73 Å². The van der Waals surface area contributed by atoms with Gasteiger partial charge >= 0.3 is 0 Å². The molecule has 2 rings (SSSR count). The van der Waals surface area contributed by atoms with Crippen molar-refractivity contribution < 1.29 is 0 Å². The predicted molar refractivity (Wildman–Crippen MR) is 76.1 cm³/mol. The van der Waals surface area contributed by atoms with E-state index in [1.165, 1.54) is 9.77 Å². The molecule has 0 spiro atoms. The van der Waals surface area contributed by atoms with Gasteiger partial charge in [-0.05, 0) is 29.6 Å². The lowest BCUT2D eigenvalue weighted by Gasteiger charge is -2.09. The van der Waals surface area contributed by atoms with Crippen molar-refractivity contribution in [3.63, 3.8) is 0 Å². The van der Waals surface area contributed by atoms with Gasteiger partial charge in [0.2, 0.25) is 0 Å². The van der Waals surface area contributed by atoms with Crippen molar-refractivity contribution in [1.82, 2.24) is 0 Å². The molecule has 2 aromatic rings. The maximum absolute atomic E-state index is 6.10. The molecule has 16 heavy (non-hydrogen) atoms. The monoisotopic (exact) mass is 313 g/mol. The average Bonchev–Trinajstić information content (AvgIpc) is 2.79. The van der Waals surface area contributed by atoms with Gasteiger partial charge in [-0.25, -0.2) is 0 Å². The van der Waals surface area contributed by atoms with Crippen molar-refractivity contribution in [2.75, 3.05) is 5.75 Å². The highest BCUT2D eigenvalue weighted by atomic mass is 79.9. The fraction of sp³-hybridized carbons (Fsp3) is 0.167. The lowest BCUT2D eigenvalue weighted by atomic mass is 10.3. The second-order valence-electron chi connectivity index (χ2n) is 3.39. The molecule has 0 aliphatic rings. The molecule has 0 saturated heterocycles. The molecule has 0 aliphatic heterocycles. The molecule has 0 saturated carbocycles. The SMILES string of the molecule is NC(CSc1cccc(Br)c1)c1cccs1. The predicted octanol–water partition coefficient (Wildman–Crippen LogP) is 4.30. The molecule has 2 N–H and O–H groups in total. The van der Waals surface area contributed by atoms with Gasteiger partial charge in [0.25, 0.3) is 0 Å². The van der Waals surface area contributed by atoms with Crippen LogP contribution in [0.2, 0.25) is 0 Å². The Morgan fingerprint density at radius 3 is 2.88 bits per heavy atom. The highest BCUT2D eigenvalue weighted by molar-refractivity contribution is 9.10. The number of rotatable bonds is 4. The molecule has 0 radical (unpaired) electrons. The van der Waals surface area contributed by atoms with Crippen molar-refractivity contribution in [1.29, 1.82) is 0 Å². The maximum Gasteiger partial charge on any atom is 0.0485 e. The summed E-state index contributed by atoms with van der Waals surface area (Å²) in [5.74, 6) is 0.914. The van der Waals surface area contributed by atoms with Crippen LogP contribution in [-0.2, 0) is 0 Å². The van der Waals surface area contributed by atoms with Crippen LogP contribution in [0.25, 0.3) is 0 Å². The smallest absolute Gasteiger partial charge is 0.0485 e. The van der Waals surface area contributed by atoms with E-state index in [9.17, 15) is 0 Å². The third-order valence-corrected chi connectivity index (χ3v) is 4.74. The van der Waals surface area contributed by atoms with E-state index in [1.807, 2.05) is 18.2 Å². The number of nitrogens with two attached hydrogens (primary N) is 1. The van der Waals surface area contributed by atoms with Gasteiger partial charge in [0, 0.05) is 26.0 Å². The first-order chi connectivity index (χ1) is 7.75. The molecule has 1 nitrogen and oxygen atoms in total.